The van der Waals surface area contributed by atoms with Crippen LogP contribution >= 0.6 is 0 Å². The molecule has 10 heavy (non-hydrogen) atoms. The maximum Gasteiger partial charge on any atom is 0.0697 e. The number of ether oxygens (including phenoxy) is 1. The maximum absolute atomic E-state index is 8.29. The first-order chi connectivity index (χ1) is 4.91. The van der Waals surface area contributed by atoms with Crippen LogP contribution in [0.25, 0.3) is 0 Å². The van der Waals surface area contributed by atoms with Gasteiger partial charge in [-0.15, -0.1) is 0 Å². The highest BCUT2D eigenvalue weighted by atomic mass is 16.5. The second kappa shape index (κ2) is 8.41. The molecule has 0 fully saturated rings. The molecule has 0 radical (unpaired) electrons. The molecular formula is C7H13NO2. The van der Waals surface area contributed by atoms with Gasteiger partial charge in [-0.25, -0.2) is 0 Å². The van der Waals surface area contributed by atoms with E-state index in [2.05, 4.69) is 6.07 Å². The van der Waals surface area contributed by atoms with Crippen LogP contribution in [0.1, 0.15) is 19.3 Å². The first kappa shape index (κ1) is 9.41. The topological polar surface area (TPSA) is 53.2 Å². The Hall–Kier alpha value is -0.590. The molecule has 0 saturated heterocycles. The second-order valence-electron chi connectivity index (χ2n) is 1.95. The Balaban J connectivity index is 2.72. The normalized spacial score (nSPS) is 9.20. The van der Waals surface area contributed by atoms with Crippen molar-refractivity contribution in [2.24, 2.45) is 0 Å². The van der Waals surface area contributed by atoms with Crippen LogP contribution in [0.3, 0.4) is 0 Å². The molecule has 0 rings (SSSR count). The molecule has 0 aliphatic rings. The molecule has 0 amide bonds. The summed E-state index contributed by atoms with van der Waals surface area (Å²) in [6, 6.07) is 2.05. The van der Waals surface area contributed by atoms with Gasteiger partial charge in [0.2, 0.25) is 0 Å². The van der Waals surface area contributed by atoms with Crippen molar-refractivity contribution in [1.82, 2.24) is 0 Å². The van der Waals surface area contributed by atoms with E-state index in [-0.39, 0.29) is 6.61 Å². The Morgan fingerprint density at radius 1 is 1.30 bits per heavy atom. The van der Waals surface area contributed by atoms with E-state index in [4.69, 9.17) is 15.1 Å². The predicted molar refractivity (Wildman–Crippen MR) is 37.4 cm³/mol. The van der Waals surface area contributed by atoms with Crippen LogP contribution in [0.5, 0.6) is 0 Å². The van der Waals surface area contributed by atoms with Gasteiger partial charge in [-0.2, -0.15) is 5.26 Å². The van der Waals surface area contributed by atoms with E-state index in [1.54, 1.807) is 0 Å². The molecular weight excluding hydrogens is 130 g/mol. The van der Waals surface area contributed by atoms with Crippen molar-refractivity contribution < 1.29 is 9.84 Å². The summed E-state index contributed by atoms with van der Waals surface area (Å²) in [6.45, 7) is 1.15. The summed E-state index contributed by atoms with van der Waals surface area (Å²) in [4.78, 5) is 0. The van der Waals surface area contributed by atoms with Gasteiger partial charge in [0.25, 0.3) is 0 Å². The largest absolute Gasteiger partial charge is 0.394 e. The molecule has 0 unspecified atom stereocenters. The molecule has 3 heteroatoms. The first-order valence-corrected chi connectivity index (χ1v) is 3.47. The first-order valence-electron chi connectivity index (χ1n) is 3.47. The van der Waals surface area contributed by atoms with E-state index in [1.165, 1.54) is 0 Å². The molecule has 0 aliphatic heterocycles. The molecule has 0 aromatic heterocycles. The van der Waals surface area contributed by atoms with E-state index in [0.29, 0.717) is 19.6 Å². The molecule has 0 atom stereocenters. The van der Waals surface area contributed by atoms with Crippen LogP contribution in [0.15, 0.2) is 0 Å². The molecule has 0 aromatic rings. The molecule has 0 saturated carbocycles. The third kappa shape index (κ3) is 7.41. The second-order valence-corrected chi connectivity index (χ2v) is 1.95. The van der Waals surface area contributed by atoms with Gasteiger partial charge in [0.15, 0.2) is 0 Å². The predicted octanol–water partition coefficient (Wildman–Crippen LogP) is 0.689. The standard InChI is InChI=1S/C7H13NO2/c8-4-2-1-3-6-10-7-5-9/h9H,1-3,5-7H2. The molecule has 0 aromatic carbocycles. The molecule has 0 aliphatic carbocycles. The Kier molecular flexibility index (Phi) is 7.91. The fraction of sp³-hybridized carbons (Fsp3) is 0.857. The highest BCUT2D eigenvalue weighted by Gasteiger charge is 1.87. The lowest BCUT2D eigenvalue weighted by Gasteiger charge is -1.98. The SMILES string of the molecule is N#CCCCCOCCO. The van der Waals surface area contributed by atoms with Gasteiger partial charge < -0.3 is 9.84 Å². The summed E-state index contributed by atoms with van der Waals surface area (Å²) >= 11 is 0. The van der Waals surface area contributed by atoms with Crippen molar-refractivity contribution >= 4 is 0 Å². The van der Waals surface area contributed by atoms with Crippen molar-refractivity contribution in [2.75, 3.05) is 19.8 Å². The van der Waals surface area contributed by atoms with Gasteiger partial charge in [-0.3, -0.25) is 0 Å². The fourth-order valence-electron chi connectivity index (χ4n) is 0.575. The van der Waals surface area contributed by atoms with Crippen molar-refractivity contribution in [2.45, 2.75) is 19.3 Å². The highest BCUT2D eigenvalue weighted by Crippen LogP contribution is 1.93. The number of nitrogens with zero attached hydrogens (tertiary/aromatic N) is 1. The third-order valence-corrected chi connectivity index (χ3v) is 1.06. The van der Waals surface area contributed by atoms with E-state index >= 15 is 0 Å². The number of hydrogen-bond acceptors (Lipinski definition) is 3. The summed E-state index contributed by atoms with van der Waals surface area (Å²) < 4.78 is 4.97. The van der Waals surface area contributed by atoms with Crippen molar-refractivity contribution in [3.8, 4) is 6.07 Å². The Morgan fingerprint density at radius 3 is 2.70 bits per heavy atom. The Labute approximate surface area is 61.2 Å². The van der Waals surface area contributed by atoms with Gasteiger partial charge in [0.1, 0.15) is 0 Å². The van der Waals surface area contributed by atoms with Gasteiger partial charge in [0.05, 0.1) is 19.3 Å². The number of aliphatic hydroxyl groups excluding tert-OH is 1. The summed E-state index contributed by atoms with van der Waals surface area (Å²) in [5.41, 5.74) is 0. The maximum atomic E-state index is 8.29. The average molecular weight is 143 g/mol. The molecule has 0 bridgehead atoms. The summed E-state index contributed by atoms with van der Waals surface area (Å²) in [5, 5.41) is 16.4. The average Bonchev–Trinajstić information content (AvgIpc) is 1.97. The highest BCUT2D eigenvalue weighted by molar-refractivity contribution is 4.67. The molecule has 0 spiro atoms. The van der Waals surface area contributed by atoms with Crippen LogP contribution in [-0.2, 0) is 4.74 Å². The lowest BCUT2D eigenvalue weighted by Crippen LogP contribution is -2.00. The zero-order valence-corrected chi connectivity index (χ0v) is 6.05. The van der Waals surface area contributed by atoms with Crippen LogP contribution in [0.2, 0.25) is 0 Å². The molecule has 58 valence electrons. The van der Waals surface area contributed by atoms with Gasteiger partial charge in [-0.1, -0.05) is 0 Å². The minimum Gasteiger partial charge on any atom is -0.394 e. The van der Waals surface area contributed by atoms with Gasteiger partial charge in [-0.05, 0) is 12.8 Å². The number of rotatable bonds is 6. The third-order valence-electron chi connectivity index (χ3n) is 1.06. The molecule has 3 nitrogen and oxygen atoms in total. The van der Waals surface area contributed by atoms with Crippen LogP contribution in [0.4, 0.5) is 0 Å². The van der Waals surface area contributed by atoms with Crippen molar-refractivity contribution in [3.63, 3.8) is 0 Å². The molecule has 0 heterocycles. The van der Waals surface area contributed by atoms with Crippen LogP contribution in [-0.4, -0.2) is 24.9 Å². The zero-order chi connectivity index (χ0) is 7.66. The van der Waals surface area contributed by atoms with E-state index in [0.717, 1.165) is 12.8 Å². The number of unbranched alkanes of at least 4 members (excludes halogenated alkanes) is 2. The Bertz CT molecular complexity index is 98.3. The van der Waals surface area contributed by atoms with Gasteiger partial charge >= 0.3 is 0 Å². The monoisotopic (exact) mass is 143 g/mol. The van der Waals surface area contributed by atoms with E-state index in [1.807, 2.05) is 0 Å². The quantitative estimate of drug-likeness (QED) is 0.556. The summed E-state index contributed by atoms with van der Waals surface area (Å²) in [5.74, 6) is 0. The van der Waals surface area contributed by atoms with Crippen molar-refractivity contribution in [3.05, 3.63) is 0 Å². The minimum absolute atomic E-state index is 0.0816. The zero-order valence-electron chi connectivity index (χ0n) is 6.05. The van der Waals surface area contributed by atoms with E-state index in [9.17, 15) is 0 Å². The van der Waals surface area contributed by atoms with Crippen molar-refractivity contribution in [1.29, 1.82) is 5.26 Å². The summed E-state index contributed by atoms with van der Waals surface area (Å²) in [6.07, 6.45) is 2.40. The number of nitriles is 1. The Morgan fingerprint density at radius 2 is 2.10 bits per heavy atom. The minimum atomic E-state index is 0.0816. The number of hydrogen-bond donors (Lipinski definition) is 1. The fourth-order valence-corrected chi connectivity index (χ4v) is 0.575. The van der Waals surface area contributed by atoms with Crippen LogP contribution in [0, 0.1) is 11.3 Å². The lowest BCUT2D eigenvalue weighted by atomic mass is 10.3. The smallest absolute Gasteiger partial charge is 0.0697 e. The number of aliphatic hydroxyl groups is 1. The lowest BCUT2D eigenvalue weighted by molar-refractivity contribution is 0.0900. The van der Waals surface area contributed by atoms with Gasteiger partial charge in [0, 0.05) is 13.0 Å². The van der Waals surface area contributed by atoms with E-state index < -0.39 is 0 Å². The van der Waals surface area contributed by atoms with Crippen LogP contribution < -0.4 is 0 Å². The summed E-state index contributed by atoms with van der Waals surface area (Å²) in [7, 11) is 0. The molecule has 1 N–H and O–H groups in total.